The molecule has 0 spiro atoms. The summed E-state index contributed by atoms with van der Waals surface area (Å²) in [6.45, 7) is 3.51. The van der Waals surface area contributed by atoms with Gasteiger partial charge >= 0.3 is 5.97 Å². The van der Waals surface area contributed by atoms with Crippen LogP contribution in [0.5, 0.6) is 5.75 Å². The van der Waals surface area contributed by atoms with Crippen molar-refractivity contribution in [1.29, 1.82) is 0 Å². The molecule has 4 nitrogen and oxygen atoms in total. The number of para-hydroxylation sites is 2. The van der Waals surface area contributed by atoms with Gasteiger partial charge in [-0.1, -0.05) is 36.9 Å². The van der Waals surface area contributed by atoms with Crippen molar-refractivity contribution in [3.8, 4) is 26.9 Å². The number of hydrogen-bond donors (Lipinski definition) is 0. The van der Waals surface area contributed by atoms with E-state index in [2.05, 4.69) is 6.58 Å². The second-order valence-electron chi connectivity index (χ2n) is 6.31. The fourth-order valence-corrected chi connectivity index (χ4v) is 5.01. The number of thiazole rings is 2. The van der Waals surface area contributed by atoms with Gasteiger partial charge in [-0.05, 0) is 36.4 Å². The lowest BCUT2D eigenvalue weighted by Gasteiger charge is -2.08. The maximum atomic E-state index is 12.0. The van der Waals surface area contributed by atoms with Gasteiger partial charge in [0.15, 0.2) is 0 Å². The molecule has 0 saturated carbocycles. The molecule has 140 valence electrons. The topological polar surface area (TPSA) is 52.1 Å². The Balaban J connectivity index is 1.64. The Labute approximate surface area is 174 Å². The number of nitrogens with zero attached hydrogens (tertiary/aromatic N) is 2. The monoisotopic (exact) mass is 414 g/mol. The van der Waals surface area contributed by atoms with Gasteiger partial charge in [-0.15, -0.1) is 22.7 Å². The minimum absolute atomic E-state index is 0.450. The third-order valence-electron chi connectivity index (χ3n) is 4.42. The quantitative estimate of drug-likeness (QED) is 0.196. The largest absolute Gasteiger partial charge is 0.423 e. The number of hydrogen-bond acceptors (Lipinski definition) is 6. The molecule has 0 bridgehead atoms. The van der Waals surface area contributed by atoms with E-state index in [9.17, 15) is 4.79 Å². The summed E-state index contributed by atoms with van der Waals surface area (Å²) in [5.74, 6) is -0.0560. The van der Waals surface area contributed by atoms with E-state index in [4.69, 9.17) is 14.7 Å². The van der Waals surface area contributed by atoms with E-state index in [1.807, 2.05) is 66.7 Å². The third-order valence-corrected chi connectivity index (χ3v) is 6.58. The van der Waals surface area contributed by atoms with Crippen molar-refractivity contribution in [3.05, 3.63) is 79.4 Å². The van der Waals surface area contributed by atoms with Gasteiger partial charge in [-0.25, -0.2) is 14.8 Å². The minimum Gasteiger partial charge on any atom is -0.423 e. The van der Waals surface area contributed by atoms with E-state index in [-0.39, 0.29) is 0 Å². The molecule has 5 rings (SSSR count). The smallest absolute Gasteiger partial charge is 0.335 e. The zero-order valence-electron chi connectivity index (χ0n) is 15.2. The molecule has 0 atom stereocenters. The first-order valence-corrected chi connectivity index (χ1v) is 10.5. The van der Waals surface area contributed by atoms with Crippen molar-refractivity contribution in [1.82, 2.24) is 9.97 Å². The molecule has 2 aromatic heterocycles. The van der Waals surface area contributed by atoms with Crippen LogP contribution < -0.4 is 4.74 Å². The summed E-state index contributed by atoms with van der Waals surface area (Å²) in [7, 11) is 0. The van der Waals surface area contributed by atoms with E-state index < -0.39 is 5.97 Å². The van der Waals surface area contributed by atoms with Gasteiger partial charge in [0, 0.05) is 11.6 Å². The van der Waals surface area contributed by atoms with Gasteiger partial charge in [0.05, 0.1) is 26.0 Å². The van der Waals surface area contributed by atoms with Crippen LogP contribution in [0.1, 0.15) is 0 Å². The highest BCUT2D eigenvalue weighted by molar-refractivity contribution is 7.22. The fourth-order valence-electron chi connectivity index (χ4n) is 3.05. The van der Waals surface area contributed by atoms with Crippen molar-refractivity contribution in [2.75, 3.05) is 0 Å². The van der Waals surface area contributed by atoms with E-state index in [0.717, 1.165) is 47.7 Å². The summed E-state index contributed by atoms with van der Waals surface area (Å²) in [4.78, 5) is 21.4. The highest BCUT2D eigenvalue weighted by atomic mass is 32.1. The number of carbonyl (C=O) groups is 1. The van der Waals surface area contributed by atoms with Crippen LogP contribution in [-0.4, -0.2) is 15.9 Å². The molecule has 6 heteroatoms. The predicted octanol–water partition coefficient (Wildman–Crippen LogP) is 6.33. The number of aromatic nitrogens is 2. The molecule has 0 saturated heterocycles. The van der Waals surface area contributed by atoms with Crippen molar-refractivity contribution in [2.24, 2.45) is 0 Å². The summed E-state index contributed by atoms with van der Waals surface area (Å²) < 4.78 is 7.76. The lowest BCUT2D eigenvalue weighted by Crippen LogP contribution is -2.04. The third kappa shape index (κ3) is 3.33. The molecule has 0 aliphatic heterocycles. The van der Waals surface area contributed by atoms with E-state index in [1.165, 1.54) is 0 Å². The van der Waals surface area contributed by atoms with E-state index in [1.54, 1.807) is 22.7 Å². The summed E-state index contributed by atoms with van der Waals surface area (Å²) in [6.07, 6.45) is 1.16. The maximum absolute atomic E-state index is 12.0. The van der Waals surface area contributed by atoms with Crippen LogP contribution in [0.15, 0.2) is 79.4 Å². The van der Waals surface area contributed by atoms with Crippen molar-refractivity contribution < 1.29 is 9.53 Å². The van der Waals surface area contributed by atoms with Gasteiger partial charge in [0.2, 0.25) is 0 Å². The Morgan fingerprint density at radius 2 is 1.48 bits per heavy atom. The number of benzene rings is 3. The van der Waals surface area contributed by atoms with Crippen LogP contribution in [0.3, 0.4) is 0 Å². The van der Waals surface area contributed by atoms with Gasteiger partial charge < -0.3 is 4.74 Å². The molecule has 3 aromatic carbocycles. The minimum atomic E-state index is -0.506. The van der Waals surface area contributed by atoms with Crippen LogP contribution in [0.25, 0.3) is 41.6 Å². The summed E-state index contributed by atoms with van der Waals surface area (Å²) in [6, 6.07) is 21.7. The molecular weight excluding hydrogens is 400 g/mol. The molecule has 0 fully saturated rings. The van der Waals surface area contributed by atoms with Crippen molar-refractivity contribution in [3.63, 3.8) is 0 Å². The molecule has 29 heavy (non-hydrogen) atoms. The van der Waals surface area contributed by atoms with Crippen LogP contribution in [-0.2, 0) is 4.79 Å². The molecule has 0 aliphatic rings. The second-order valence-corrected chi connectivity index (χ2v) is 8.37. The average molecular weight is 415 g/mol. The molecule has 5 aromatic rings. The molecule has 0 radical (unpaired) electrons. The first-order chi connectivity index (χ1) is 14.2. The molecule has 2 heterocycles. The van der Waals surface area contributed by atoms with Crippen molar-refractivity contribution in [2.45, 2.75) is 0 Å². The molecular formula is C23H14N2O2S2. The van der Waals surface area contributed by atoms with Crippen LogP contribution in [0.4, 0.5) is 0 Å². The van der Waals surface area contributed by atoms with Crippen molar-refractivity contribution >= 4 is 49.1 Å². The standard InChI is InChI=1S/C23H14N2O2S2/c1-2-21(26)27-18-13-14(22-24-16-7-3-5-9-19(16)28-22)11-12-15(18)23-25-17-8-4-6-10-20(17)29-23/h2-13H,1H2. The summed E-state index contributed by atoms with van der Waals surface area (Å²) >= 11 is 3.17. The Bertz CT molecular complexity index is 1320. The molecule has 0 aliphatic carbocycles. The lowest BCUT2D eigenvalue weighted by atomic mass is 10.1. The molecule has 0 amide bonds. The van der Waals surface area contributed by atoms with Crippen LogP contribution in [0.2, 0.25) is 0 Å². The number of carbonyl (C=O) groups excluding carboxylic acids is 1. The Kier molecular flexibility index (Phi) is 4.42. The summed E-state index contributed by atoms with van der Waals surface area (Å²) in [5.41, 5.74) is 3.53. The Hall–Kier alpha value is -3.35. The SMILES string of the molecule is C=CC(=O)Oc1cc(-c2nc3ccccc3s2)ccc1-c1nc2ccccc2s1. The zero-order chi connectivity index (χ0) is 19.8. The number of rotatable bonds is 4. The van der Waals surface area contributed by atoms with Crippen LogP contribution in [0, 0.1) is 0 Å². The fraction of sp³-hybridized carbons (Fsp3) is 0. The molecule has 0 unspecified atom stereocenters. The Morgan fingerprint density at radius 3 is 2.14 bits per heavy atom. The maximum Gasteiger partial charge on any atom is 0.335 e. The first kappa shape index (κ1) is 17.7. The highest BCUT2D eigenvalue weighted by Gasteiger charge is 2.16. The normalized spacial score (nSPS) is 11.0. The van der Waals surface area contributed by atoms with E-state index in [0.29, 0.717) is 5.75 Å². The predicted molar refractivity (Wildman–Crippen MR) is 120 cm³/mol. The Morgan fingerprint density at radius 1 is 0.862 bits per heavy atom. The molecule has 0 N–H and O–H groups in total. The number of ether oxygens (including phenoxy) is 1. The van der Waals surface area contributed by atoms with Gasteiger partial charge in [-0.3, -0.25) is 0 Å². The second kappa shape index (κ2) is 7.24. The lowest BCUT2D eigenvalue weighted by molar-refractivity contribution is -0.128. The highest BCUT2D eigenvalue weighted by Crippen LogP contribution is 2.39. The van der Waals surface area contributed by atoms with Gasteiger partial charge in [0.25, 0.3) is 0 Å². The number of fused-ring (bicyclic) bond motifs is 2. The number of esters is 1. The first-order valence-electron chi connectivity index (χ1n) is 8.91. The average Bonchev–Trinajstić information content (AvgIpc) is 3.37. The van der Waals surface area contributed by atoms with Crippen LogP contribution >= 0.6 is 22.7 Å². The van der Waals surface area contributed by atoms with E-state index >= 15 is 0 Å². The van der Waals surface area contributed by atoms with Gasteiger partial charge in [0.1, 0.15) is 15.8 Å². The zero-order valence-corrected chi connectivity index (χ0v) is 16.8. The summed E-state index contributed by atoms with van der Waals surface area (Å²) in [5, 5.41) is 1.67. The van der Waals surface area contributed by atoms with Gasteiger partial charge in [-0.2, -0.15) is 0 Å².